The van der Waals surface area contributed by atoms with E-state index < -0.39 is 0 Å². The van der Waals surface area contributed by atoms with Crippen molar-refractivity contribution >= 4 is 28.8 Å². The number of methoxy groups -OCH3 is 1. The number of rotatable bonds is 5. The number of halogens is 1. The van der Waals surface area contributed by atoms with Crippen molar-refractivity contribution in [2.45, 2.75) is 19.9 Å². The van der Waals surface area contributed by atoms with Gasteiger partial charge in [-0.2, -0.15) is 0 Å². The van der Waals surface area contributed by atoms with E-state index in [1.807, 2.05) is 19.2 Å². The molecule has 1 heterocycles. The molecule has 0 aliphatic heterocycles. The molecule has 0 aromatic carbocycles. The molecule has 90 valence electrons. The number of ether oxygens (including phenoxy) is 1. The predicted molar refractivity (Wildman–Crippen MR) is 67.8 cm³/mol. The number of hydrogen-bond donors (Lipinski definition) is 0. The van der Waals surface area contributed by atoms with Crippen molar-refractivity contribution in [3.63, 3.8) is 0 Å². The molecule has 0 bridgehead atoms. The van der Waals surface area contributed by atoms with Crippen molar-refractivity contribution in [2.24, 2.45) is 0 Å². The maximum absolute atomic E-state index is 12.1. The molecule has 0 fully saturated rings. The molecule has 3 nitrogen and oxygen atoms in total. The lowest BCUT2D eigenvalue weighted by Gasteiger charge is -2.25. The van der Waals surface area contributed by atoms with Gasteiger partial charge in [-0.15, -0.1) is 22.9 Å². The molecule has 0 aliphatic rings. The molecule has 0 spiro atoms. The summed E-state index contributed by atoms with van der Waals surface area (Å²) in [6, 6.07) is 1.91. The van der Waals surface area contributed by atoms with Crippen LogP contribution in [0.25, 0.3) is 0 Å². The molecule has 0 aliphatic carbocycles. The smallest absolute Gasteiger partial charge is 0.264 e. The van der Waals surface area contributed by atoms with Crippen LogP contribution in [-0.4, -0.2) is 36.4 Å². The van der Waals surface area contributed by atoms with E-state index in [2.05, 4.69) is 0 Å². The van der Waals surface area contributed by atoms with E-state index in [-0.39, 0.29) is 11.9 Å². The Balaban J connectivity index is 2.81. The number of hydrogen-bond acceptors (Lipinski definition) is 3. The highest BCUT2D eigenvalue weighted by Crippen LogP contribution is 2.23. The number of alkyl halides is 1. The van der Waals surface area contributed by atoms with Gasteiger partial charge >= 0.3 is 0 Å². The highest BCUT2D eigenvalue weighted by Gasteiger charge is 2.19. The fourth-order valence-corrected chi connectivity index (χ4v) is 2.36. The first-order valence-corrected chi connectivity index (χ1v) is 6.51. The summed E-state index contributed by atoms with van der Waals surface area (Å²) < 4.78 is 5.06. The Morgan fingerprint density at radius 3 is 2.75 bits per heavy atom. The molecular weight excluding hydrogens is 246 g/mol. The molecule has 1 aromatic rings. The normalized spacial score (nSPS) is 10.6. The quantitative estimate of drug-likeness (QED) is 0.763. The SMILES string of the molecule is COc1csc(C(=O)N(CCCl)C(C)C)c1. The third-order valence-corrected chi connectivity index (χ3v) is 3.30. The zero-order chi connectivity index (χ0) is 12.1. The monoisotopic (exact) mass is 261 g/mol. The van der Waals surface area contributed by atoms with Crippen LogP contribution in [-0.2, 0) is 0 Å². The molecule has 0 radical (unpaired) electrons. The minimum Gasteiger partial charge on any atom is -0.496 e. The van der Waals surface area contributed by atoms with Gasteiger partial charge in [0, 0.05) is 29.9 Å². The average Bonchev–Trinajstić information content (AvgIpc) is 2.73. The third-order valence-electron chi connectivity index (χ3n) is 2.23. The Morgan fingerprint density at radius 1 is 1.62 bits per heavy atom. The molecular formula is C11H16ClNO2S. The molecule has 5 heteroatoms. The fourth-order valence-electron chi connectivity index (χ4n) is 1.36. The van der Waals surface area contributed by atoms with Gasteiger partial charge in [0.05, 0.1) is 12.0 Å². The van der Waals surface area contributed by atoms with E-state index in [1.54, 1.807) is 18.1 Å². The minimum atomic E-state index is 0.0175. The van der Waals surface area contributed by atoms with E-state index in [0.717, 1.165) is 5.75 Å². The lowest BCUT2D eigenvalue weighted by Crippen LogP contribution is -2.37. The Bertz CT molecular complexity index is 352. The first kappa shape index (κ1) is 13.3. The predicted octanol–water partition coefficient (Wildman–Crippen LogP) is 2.85. The first-order valence-electron chi connectivity index (χ1n) is 5.09. The molecule has 1 rings (SSSR count). The molecule has 16 heavy (non-hydrogen) atoms. The van der Waals surface area contributed by atoms with Crippen LogP contribution in [0, 0.1) is 0 Å². The standard InChI is InChI=1S/C11H16ClNO2S/c1-8(2)13(5-4-12)11(14)10-6-9(15-3)7-16-10/h6-8H,4-5H2,1-3H3. The molecule has 1 aromatic heterocycles. The van der Waals surface area contributed by atoms with E-state index in [9.17, 15) is 4.79 Å². The number of carbonyl (C=O) groups excluding carboxylic acids is 1. The largest absolute Gasteiger partial charge is 0.496 e. The van der Waals surface area contributed by atoms with E-state index in [1.165, 1.54) is 11.3 Å². The van der Waals surface area contributed by atoms with E-state index >= 15 is 0 Å². The van der Waals surface area contributed by atoms with Crippen LogP contribution in [0.1, 0.15) is 23.5 Å². The van der Waals surface area contributed by atoms with Gasteiger partial charge in [0.2, 0.25) is 0 Å². The molecule has 0 N–H and O–H groups in total. The molecule has 0 saturated carbocycles. The van der Waals surface area contributed by atoms with Gasteiger partial charge in [-0.05, 0) is 13.8 Å². The average molecular weight is 262 g/mol. The van der Waals surface area contributed by atoms with Crippen LogP contribution in [0.5, 0.6) is 5.75 Å². The second kappa shape index (κ2) is 6.11. The topological polar surface area (TPSA) is 29.5 Å². The number of nitrogens with zero attached hydrogens (tertiary/aromatic N) is 1. The van der Waals surface area contributed by atoms with E-state index in [4.69, 9.17) is 16.3 Å². The highest BCUT2D eigenvalue weighted by molar-refractivity contribution is 7.12. The van der Waals surface area contributed by atoms with Crippen molar-refractivity contribution < 1.29 is 9.53 Å². The lowest BCUT2D eigenvalue weighted by atomic mass is 10.3. The second-order valence-electron chi connectivity index (χ2n) is 3.63. The van der Waals surface area contributed by atoms with Crippen LogP contribution in [0.15, 0.2) is 11.4 Å². The number of amides is 1. The summed E-state index contributed by atoms with van der Waals surface area (Å²) in [7, 11) is 1.59. The Labute approximate surface area is 105 Å². The van der Waals surface area contributed by atoms with Crippen LogP contribution in [0.4, 0.5) is 0 Å². The minimum absolute atomic E-state index is 0.0175. The van der Waals surface area contributed by atoms with Crippen LogP contribution in [0.2, 0.25) is 0 Å². The summed E-state index contributed by atoms with van der Waals surface area (Å²) in [5.74, 6) is 1.19. The second-order valence-corrected chi connectivity index (χ2v) is 4.92. The molecule has 1 amide bonds. The Morgan fingerprint density at radius 2 is 2.31 bits per heavy atom. The molecule has 0 atom stereocenters. The number of thiophene rings is 1. The Kier molecular flexibility index (Phi) is 5.09. The van der Waals surface area contributed by atoms with Crippen LogP contribution < -0.4 is 4.74 Å². The zero-order valence-electron chi connectivity index (χ0n) is 9.70. The van der Waals surface area contributed by atoms with Gasteiger partial charge in [0.1, 0.15) is 5.75 Å². The van der Waals surface area contributed by atoms with Crippen LogP contribution in [0.3, 0.4) is 0 Å². The summed E-state index contributed by atoms with van der Waals surface area (Å²) in [5, 5.41) is 1.83. The summed E-state index contributed by atoms with van der Waals surface area (Å²) in [6.07, 6.45) is 0. The third kappa shape index (κ3) is 3.12. The van der Waals surface area contributed by atoms with Gasteiger partial charge in [-0.1, -0.05) is 0 Å². The van der Waals surface area contributed by atoms with Gasteiger partial charge in [-0.3, -0.25) is 4.79 Å². The molecule has 0 saturated heterocycles. The van der Waals surface area contributed by atoms with Crippen molar-refractivity contribution in [1.82, 2.24) is 4.90 Å². The Hall–Kier alpha value is -0.740. The van der Waals surface area contributed by atoms with Gasteiger partial charge in [0.15, 0.2) is 0 Å². The van der Waals surface area contributed by atoms with E-state index in [0.29, 0.717) is 17.3 Å². The highest BCUT2D eigenvalue weighted by atomic mass is 35.5. The van der Waals surface area contributed by atoms with Crippen LogP contribution >= 0.6 is 22.9 Å². The fraction of sp³-hybridized carbons (Fsp3) is 0.545. The van der Waals surface area contributed by atoms with Gasteiger partial charge in [-0.25, -0.2) is 0 Å². The first-order chi connectivity index (χ1) is 7.60. The summed E-state index contributed by atoms with van der Waals surface area (Å²) in [6.45, 7) is 4.53. The molecule has 0 unspecified atom stereocenters. The summed E-state index contributed by atoms with van der Waals surface area (Å²) in [5.41, 5.74) is 0. The van der Waals surface area contributed by atoms with Crippen molar-refractivity contribution in [3.05, 3.63) is 16.3 Å². The zero-order valence-corrected chi connectivity index (χ0v) is 11.3. The van der Waals surface area contributed by atoms with Gasteiger partial charge < -0.3 is 9.64 Å². The maximum Gasteiger partial charge on any atom is 0.264 e. The summed E-state index contributed by atoms with van der Waals surface area (Å²) in [4.78, 5) is 14.6. The maximum atomic E-state index is 12.1. The lowest BCUT2D eigenvalue weighted by molar-refractivity contribution is 0.0723. The van der Waals surface area contributed by atoms with Gasteiger partial charge in [0.25, 0.3) is 5.91 Å². The van der Waals surface area contributed by atoms with Crippen molar-refractivity contribution in [2.75, 3.05) is 19.5 Å². The van der Waals surface area contributed by atoms with Crippen molar-refractivity contribution in [3.8, 4) is 5.75 Å². The summed E-state index contributed by atoms with van der Waals surface area (Å²) >= 11 is 7.08. The number of carbonyl (C=O) groups is 1. The van der Waals surface area contributed by atoms with Crippen molar-refractivity contribution in [1.29, 1.82) is 0 Å².